The van der Waals surface area contributed by atoms with Gasteiger partial charge in [-0.2, -0.15) is 0 Å². The highest BCUT2D eigenvalue weighted by molar-refractivity contribution is 5.85. The topological polar surface area (TPSA) is 44.8 Å². The van der Waals surface area contributed by atoms with Crippen LogP contribution in [0.15, 0.2) is 48.5 Å². The molecule has 5 nitrogen and oxygen atoms in total. The van der Waals surface area contributed by atoms with Gasteiger partial charge < -0.3 is 15.0 Å². The molecule has 2 aliphatic heterocycles. The van der Waals surface area contributed by atoms with Gasteiger partial charge in [0.2, 0.25) is 5.91 Å². The van der Waals surface area contributed by atoms with E-state index in [4.69, 9.17) is 4.74 Å². The van der Waals surface area contributed by atoms with Crippen LogP contribution in [-0.4, -0.2) is 54.2 Å². The number of benzene rings is 2. The number of nitrogens with zero attached hydrogens (tertiary/aromatic N) is 2. The Balaban J connectivity index is 1.54. The summed E-state index contributed by atoms with van der Waals surface area (Å²) in [5.41, 5.74) is 1.78. The molecule has 0 radical (unpaired) electrons. The van der Waals surface area contributed by atoms with Gasteiger partial charge >= 0.3 is 0 Å². The fourth-order valence-corrected chi connectivity index (χ4v) is 4.68. The molecule has 0 saturated carbocycles. The molecule has 2 fully saturated rings. The number of carbonyl (C=O) groups is 1. The molecule has 1 spiro atoms. The maximum Gasteiger partial charge on any atom is 0.239 e. The van der Waals surface area contributed by atoms with Gasteiger partial charge in [-0.1, -0.05) is 38.1 Å². The Bertz CT molecular complexity index is 906. The van der Waals surface area contributed by atoms with Gasteiger partial charge in [0.1, 0.15) is 11.6 Å². The molecule has 0 bridgehead atoms. The lowest BCUT2D eigenvalue weighted by Crippen LogP contribution is -2.58. The van der Waals surface area contributed by atoms with Gasteiger partial charge in [0.05, 0.1) is 18.3 Å². The summed E-state index contributed by atoms with van der Waals surface area (Å²) in [5.74, 6) is 1.17. The molecule has 2 aromatic rings. The number of carbonyl (C=O) groups excluding carboxylic acids is 1. The molecule has 2 aromatic carbocycles. The highest BCUT2D eigenvalue weighted by Gasteiger charge is 2.51. The van der Waals surface area contributed by atoms with E-state index >= 15 is 0 Å². The Morgan fingerprint density at radius 1 is 1.06 bits per heavy atom. The smallest absolute Gasteiger partial charge is 0.239 e. The number of piperidine rings is 1. The van der Waals surface area contributed by atoms with Crippen molar-refractivity contribution in [2.45, 2.75) is 51.4 Å². The first-order valence-electron chi connectivity index (χ1n) is 11.6. The van der Waals surface area contributed by atoms with Crippen LogP contribution in [0.3, 0.4) is 0 Å². The first kappa shape index (κ1) is 22.7. The fraction of sp³-hybridized carbons (Fsp3) is 0.500. The van der Waals surface area contributed by atoms with Crippen molar-refractivity contribution in [3.8, 4) is 5.75 Å². The second-order valence-electron chi connectivity index (χ2n) is 9.65. The second-order valence-corrected chi connectivity index (χ2v) is 9.65. The first-order chi connectivity index (χ1) is 15.3. The predicted octanol–water partition coefficient (Wildman–Crippen LogP) is 3.83. The summed E-state index contributed by atoms with van der Waals surface area (Å²) in [6.45, 7) is 7.43. The zero-order valence-electron chi connectivity index (χ0n) is 19.3. The largest absolute Gasteiger partial charge is 0.493 e. The maximum atomic E-state index is 13.5. The molecule has 2 aliphatic rings. The highest BCUT2D eigenvalue weighted by Crippen LogP contribution is 2.35. The van der Waals surface area contributed by atoms with E-state index in [1.54, 1.807) is 0 Å². The number of rotatable bonds is 7. The molecule has 2 heterocycles. The van der Waals surface area contributed by atoms with Crippen LogP contribution in [0.5, 0.6) is 5.75 Å². The van der Waals surface area contributed by atoms with Crippen molar-refractivity contribution < 1.29 is 13.9 Å². The predicted molar refractivity (Wildman–Crippen MR) is 124 cm³/mol. The number of amides is 1. The highest BCUT2D eigenvalue weighted by atomic mass is 19.1. The minimum atomic E-state index is -0.344. The van der Waals surface area contributed by atoms with E-state index < -0.39 is 0 Å². The Morgan fingerprint density at radius 3 is 2.31 bits per heavy atom. The maximum absolute atomic E-state index is 13.5. The molecule has 4 rings (SSSR count). The molecule has 1 N–H and O–H groups in total. The molecule has 1 amide bonds. The van der Waals surface area contributed by atoms with Crippen LogP contribution in [0.2, 0.25) is 0 Å². The minimum absolute atomic E-state index is 0.0804. The van der Waals surface area contributed by atoms with Crippen molar-refractivity contribution >= 4 is 5.91 Å². The third-order valence-electron chi connectivity index (χ3n) is 6.60. The van der Waals surface area contributed by atoms with Crippen molar-refractivity contribution in [2.24, 2.45) is 5.92 Å². The van der Waals surface area contributed by atoms with Crippen LogP contribution in [-0.2, 0) is 17.8 Å². The monoisotopic (exact) mass is 439 g/mol. The molecule has 0 aromatic heterocycles. The molecule has 2 saturated heterocycles. The van der Waals surface area contributed by atoms with E-state index in [2.05, 4.69) is 48.1 Å². The van der Waals surface area contributed by atoms with Crippen LogP contribution < -0.4 is 10.1 Å². The van der Waals surface area contributed by atoms with Crippen molar-refractivity contribution in [1.29, 1.82) is 0 Å². The SMILES string of the molecule is CC(C)COc1ccc(C[C@H]2C(=O)NC3(CCN(C)CC3)N2Cc2ccc(F)cc2)cc1. The van der Waals surface area contributed by atoms with E-state index in [9.17, 15) is 9.18 Å². The summed E-state index contributed by atoms with van der Waals surface area (Å²) in [7, 11) is 2.12. The normalized spacial score (nSPS) is 21.3. The molecule has 1 atom stereocenters. The number of ether oxygens (including phenoxy) is 1. The van der Waals surface area contributed by atoms with Crippen LogP contribution in [0, 0.1) is 11.7 Å². The van der Waals surface area contributed by atoms with Gasteiger partial charge in [0, 0.05) is 19.6 Å². The summed E-state index contributed by atoms with van der Waals surface area (Å²) < 4.78 is 19.3. The zero-order chi connectivity index (χ0) is 22.7. The standard InChI is InChI=1S/C26H34FN3O2/c1-19(2)18-32-23-10-6-20(7-11-23)16-24-25(31)28-26(12-14-29(3)15-13-26)30(24)17-21-4-8-22(27)9-5-21/h4-11,19,24H,12-18H2,1-3H3,(H,28,31)/t24-/m0/s1. The average molecular weight is 440 g/mol. The van der Waals surface area contributed by atoms with Crippen molar-refractivity contribution in [2.75, 3.05) is 26.7 Å². The van der Waals surface area contributed by atoms with Gasteiger partial charge in [-0.05, 0) is 67.6 Å². The van der Waals surface area contributed by atoms with E-state index in [1.807, 2.05) is 24.3 Å². The molecular formula is C26H34FN3O2. The van der Waals surface area contributed by atoms with Gasteiger partial charge in [-0.25, -0.2) is 4.39 Å². The Morgan fingerprint density at radius 2 is 1.69 bits per heavy atom. The van der Waals surface area contributed by atoms with Crippen LogP contribution in [0.25, 0.3) is 0 Å². The van der Waals surface area contributed by atoms with Gasteiger partial charge in [-0.15, -0.1) is 0 Å². The van der Waals surface area contributed by atoms with Gasteiger partial charge in [-0.3, -0.25) is 9.69 Å². The van der Waals surface area contributed by atoms with Gasteiger partial charge in [0.15, 0.2) is 0 Å². The summed E-state index contributed by atoms with van der Waals surface area (Å²) in [6, 6.07) is 14.4. The number of likely N-dealkylation sites (tertiary alicyclic amines) is 1. The number of halogens is 1. The van der Waals surface area contributed by atoms with Crippen LogP contribution >= 0.6 is 0 Å². The summed E-state index contributed by atoms with van der Waals surface area (Å²) in [5, 5.41) is 3.35. The van der Waals surface area contributed by atoms with Crippen molar-refractivity contribution in [3.63, 3.8) is 0 Å². The Hall–Kier alpha value is -2.44. The molecule has 0 aliphatic carbocycles. The van der Waals surface area contributed by atoms with Crippen LogP contribution in [0.1, 0.15) is 37.8 Å². The lowest BCUT2D eigenvalue weighted by atomic mass is 9.94. The molecule has 6 heteroatoms. The quantitative estimate of drug-likeness (QED) is 0.712. The first-order valence-corrected chi connectivity index (χ1v) is 11.6. The minimum Gasteiger partial charge on any atom is -0.493 e. The van der Waals surface area contributed by atoms with E-state index in [1.165, 1.54) is 12.1 Å². The zero-order valence-corrected chi connectivity index (χ0v) is 19.3. The lowest BCUT2D eigenvalue weighted by molar-refractivity contribution is -0.121. The third-order valence-corrected chi connectivity index (χ3v) is 6.60. The number of nitrogens with one attached hydrogen (secondary N) is 1. The molecule has 0 unspecified atom stereocenters. The van der Waals surface area contributed by atoms with E-state index in [-0.39, 0.29) is 23.4 Å². The van der Waals surface area contributed by atoms with Crippen molar-refractivity contribution in [3.05, 3.63) is 65.5 Å². The number of hydrogen-bond acceptors (Lipinski definition) is 4. The fourth-order valence-electron chi connectivity index (χ4n) is 4.68. The van der Waals surface area contributed by atoms with E-state index in [0.717, 1.165) is 42.8 Å². The molecule has 32 heavy (non-hydrogen) atoms. The third kappa shape index (κ3) is 5.13. The van der Waals surface area contributed by atoms with E-state index in [0.29, 0.717) is 25.5 Å². The van der Waals surface area contributed by atoms with Gasteiger partial charge in [0.25, 0.3) is 0 Å². The molecular weight excluding hydrogens is 405 g/mol. The van der Waals surface area contributed by atoms with Crippen molar-refractivity contribution in [1.82, 2.24) is 15.1 Å². The Kier molecular flexibility index (Phi) is 6.82. The summed E-state index contributed by atoms with van der Waals surface area (Å²) in [4.78, 5) is 17.8. The second kappa shape index (κ2) is 9.59. The Labute approximate surface area is 190 Å². The number of hydrogen-bond donors (Lipinski definition) is 1. The van der Waals surface area contributed by atoms with Crippen LogP contribution in [0.4, 0.5) is 4.39 Å². The summed E-state index contributed by atoms with van der Waals surface area (Å²) >= 11 is 0. The average Bonchev–Trinajstić information content (AvgIpc) is 3.02. The lowest BCUT2D eigenvalue weighted by Gasteiger charge is -2.44. The molecule has 172 valence electrons. The summed E-state index contributed by atoms with van der Waals surface area (Å²) in [6.07, 6.45) is 2.40.